The van der Waals surface area contributed by atoms with Crippen LogP contribution in [0.4, 0.5) is 0 Å². The average Bonchev–Trinajstić information content (AvgIpc) is 2.35. The van der Waals surface area contributed by atoms with Gasteiger partial charge in [0.25, 0.3) is 0 Å². The van der Waals surface area contributed by atoms with Crippen LogP contribution in [0.1, 0.15) is 5.56 Å². The summed E-state index contributed by atoms with van der Waals surface area (Å²) in [6.45, 7) is -0.788. The van der Waals surface area contributed by atoms with Gasteiger partial charge in [0, 0.05) is 12.4 Å². The maximum atomic E-state index is 11.6. The van der Waals surface area contributed by atoms with Crippen LogP contribution in [0, 0.1) is 0 Å². The van der Waals surface area contributed by atoms with Gasteiger partial charge in [-0.15, -0.1) is 0 Å². The van der Waals surface area contributed by atoms with Crippen LogP contribution in [-0.4, -0.2) is 48.0 Å². The zero-order chi connectivity index (χ0) is 13.6. The molecule has 0 aromatic carbocycles. The highest BCUT2D eigenvalue weighted by atomic mass is 32.2. The fraction of sp³-hybridized carbons (Fsp3) is 0.400. The second kappa shape index (κ2) is 6.43. The molecule has 8 heteroatoms. The van der Waals surface area contributed by atoms with Crippen molar-refractivity contribution in [3.05, 3.63) is 30.1 Å². The van der Waals surface area contributed by atoms with Crippen LogP contribution >= 0.6 is 0 Å². The minimum absolute atomic E-state index is 0.246. The number of rotatable bonds is 7. The number of aliphatic carboxylic acids is 1. The number of carbonyl (C=O) groups is 1. The SMILES string of the molecule is O=C(O)C(CO)NS(=O)(=O)CCc1ccncc1. The predicted molar refractivity (Wildman–Crippen MR) is 63.4 cm³/mol. The van der Waals surface area contributed by atoms with Gasteiger partial charge in [0.05, 0.1) is 12.4 Å². The van der Waals surface area contributed by atoms with E-state index in [1.807, 2.05) is 4.72 Å². The number of aryl methyl sites for hydroxylation is 1. The largest absolute Gasteiger partial charge is 0.480 e. The van der Waals surface area contributed by atoms with Crippen molar-refractivity contribution in [3.8, 4) is 0 Å². The molecule has 0 radical (unpaired) electrons. The van der Waals surface area contributed by atoms with Crippen molar-refractivity contribution in [2.75, 3.05) is 12.4 Å². The average molecular weight is 274 g/mol. The summed E-state index contributed by atoms with van der Waals surface area (Å²) < 4.78 is 25.1. The molecule has 1 aromatic rings. The summed E-state index contributed by atoms with van der Waals surface area (Å²) in [4.78, 5) is 14.4. The number of hydrogen-bond acceptors (Lipinski definition) is 5. The van der Waals surface area contributed by atoms with Crippen LogP contribution in [0.2, 0.25) is 0 Å². The van der Waals surface area contributed by atoms with Gasteiger partial charge in [-0.2, -0.15) is 4.72 Å². The van der Waals surface area contributed by atoms with E-state index >= 15 is 0 Å². The molecule has 0 aliphatic carbocycles. The molecule has 18 heavy (non-hydrogen) atoms. The van der Waals surface area contributed by atoms with Crippen LogP contribution in [0.15, 0.2) is 24.5 Å². The maximum Gasteiger partial charge on any atom is 0.324 e. The number of aromatic nitrogens is 1. The summed E-state index contributed by atoms with van der Waals surface area (Å²) in [6.07, 6.45) is 3.34. The lowest BCUT2D eigenvalue weighted by Crippen LogP contribution is -2.44. The minimum Gasteiger partial charge on any atom is -0.480 e. The zero-order valence-corrected chi connectivity index (χ0v) is 10.3. The van der Waals surface area contributed by atoms with Gasteiger partial charge in [-0.3, -0.25) is 9.78 Å². The standard InChI is InChI=1S/C10H14N2O5S/c13-7-9(10(14)15)12-18(16,17)6-3-8-1-4-11-5-2-8/h1-2,4-5,9,12-13H,3,6-7H2,(H,14,15). The summed E-state index contributed by atoms with van der Waals surface area (Å²) in [7, 11) is -3.75. The number of carboxylic acid groups (broad SMARTS) is 1. The Morgan fingerprint density at radius 3 is 2.50 bits per heavy atom. The molecule has 0 spiro atoms. The van der Waals surface area contributed by atoms with Crippen molar-refractivity contribution >= 4 is 16.0 Å². The van der Waals surface area contributed by atoms with Gasteiger partial charge in [-0.1, -0.05) is 0 Å². The Hall–Kier alpha value is -1.51. The third-order valence-corrected chi connectivity index (χ3v) is 3.60. The summed E-state index contributed by atoms with van der Waals surface area (Å²) in [5.41, 5.74) is 0.784. The first-order valence-corrected chi connectivity index (χ1v) is 6.82. The molecule has 100 valence electrons. The first kappa shape index (κ1) is 14.6. The summed E-state index contributed by atoms with van der Waals surface area (Å²) in [6, 6.07) is 1.85. The summed E-state index contributed by atoms with van der Waals surface area (Å²) >= 11 is 0. The number of aliphatic hydroxyl groups is 1. The minimum atomic E-state index is -3.75. The lowest BCUT2D eigenvalue weighted by molar-refractivity contribution is -0.139. The van der Waals surface area contributed by atoms with E-state index in [0.717, 1.165) is 5.56 Å². The Morgan fingerprint density at radius 1 is 1.39 bits per heavy atom. The Morgan fingerprint density at radius 2 is 2.00 bits per heavy atom. The molecular weight excluding hydrogens is 260 g/mol. The second-order valence-corrected chi connectivity index (χ2v) is 5.49. The van der Waals surface area contributed by atoms with Crippen molar-refractivity contribution in [1.82, 2.24) is 9.71 Å². The monoisotopic (exact) mass is 274 g/mol. The Balaban J connectivity index is 2.57. The van der Waals surface area contributed by atoms with Gasteiger partial charge < -0.3 is 10.2 Å². The number of nitrogens with one attached hydrogen (secondary N) is 1. The van der Waals surface area contributed by atoms with E-state index in [-0.39, 0.29) is 12.2 Å². The molecule has 0 aliphatic rings. The van der Waals surface area contributed by atoms with E-state index in [4.69, 9.17) is 10.2 Å². The van der Waals surface area contributed by atoms with Crippen molar-refractivity contribution in [2.24, 2.45) is 0 Å². The highest BCUT2D eigenvalue weighted by molar-refractivity contribution is 7.89. The normalized spacial score (nSPS) is 13.2. The Labute approximate surface area is 105 Å². The molecule has 7 nitrogen and oxygen atoms in total. The van der Waals surface area contributed by atoms with Gasteiger partial charge in [0.15, 0.2) is 0 Å². The molecule has 1 atom stereocenters. The van der Waals surface area contributed by atoms with E-state index in [1.165, 1.54) is 0 Å². The Kier molecular flexibility index (Phi) is 5.20. The summed E-state index contributed by atoms with van der Waals surface area (Å²) in [5, 5.41) is 17.4. The van der Waals surface area contributed by atoms with Crippen LogP contribution in [-0.2, 0) is 21.2 Å². The predicted octanol–water partition coefficient (Wildman–Crippen LogP) is -1.01. The molecule has 1 rings (SSSR count). The lowest BCUT2D eigenvalue weighted by Gasteiger charge is -2.11. The Bertz CT molecular complexity index is 488. The van der Waals surface area contributed by atoms with Crippen LogP contribution in [0.25, 0.3) is 0 Å². The second-order valence-electron chi connectivity index (χ2n) is 3.62. The van der Waals surface area contributed by atoms with Crippen LogP contribution in [0.3, 0.4) is 0 Å². The molecule has 0 fully saturated rings. The number of sulfonamides is 1. The molecule has 1 aromatic heterocycles. The zero-order valence-electron chi connectivity index (χ0n) is 9.48. The van der Waals surface area contributed by atoms with Crippen molar-refractivity contribution < 1.29 is 23.4 Å². The van der Waals surface area contributed by atoms with Gasteiger partial charge in [-0.25, -0.2) is 8.42 Å². The van der Waals surface area contributed by atoms with Gasteiger partial charge in [-0.05, 0) is 24.1 Å². The molecular formula is C10H14N2O5S. The van der Waals surface area contributed by atoms with Crippen molar-refractivity contribution in [1.29, 1.82) is 0 Å². The molecule has 0 aliphatic heterocycles. The van der Waals surface area contributed by atoms with E-state index in [1.54, 1.807) is 24.5 Å². The number of nitrogens with zero attached hydrogens (tertiary/aromatic N) is 1. The third-order valence-electron chi connectivity index (χ3n) is 2.21. The topological polar surface area (TPSA) is 117 Å². The first-order valence-electron chi connectivity index (χ1n) is 5.17. The number of hydrogen-bond donors (Lipinski definition) is 3. The van der Waals surface area contributed by atoms with E-state index in [0.29, 0.717) is 0 Å². The van der Waals surface area contributed by atoms with Gasteiger partial charge >= 0.3 is 5.97 Å². The van der Waals surface area contributed by atoms with Gasteiger partial charge in [0.2, 0.25) is 10.0 Å². The number of pyridine rings is 1. The van der Waals surface area contributed by atoms with Crippen LogP contribution in [0.5, 0.6) is 0 Å². The maximum absolute atomic E-state index is 11.6. The highest BCUT2D eigenvalue weighted by Crippen LogP contribution is 2.00. The van der Waals surface area contributed by atoms with Crippen molar-refractivity contribution in [3.63, 3.8) is 0 Å². The van der Waals surface area contributed by atoms with E-state index in [2.05, 4.69) is 4.98 Å². The molecule has 0 bridgehead atoms. The fourth-order valence-electron chi connectivity index (χ4n) is 1.24. The van der Waals surface area contributed by atoms with Crippen molar-refractivity contribution in [2.45, 2.75) is 12.5 Å². The van der Waals surface area contributed by atoms with E-state index in [9.17, 15) is 13.2 Å². The third kappa shape index (κ3) is 4.78. The lowest BCUT2D eigenvalue weighted by atomic mass is 10.2. The molecule has 0 amide bonds. The van der Waals surface area contributed by atoms with Crippen LogP contribution < -0.4 is 4.72 Å². The summed E-state index contributed by atoms with van der Waals surface area (Å²) in [5.74, 6) is -1.66. The molecule has 3 N–H and O–H groups in total. The quantitative estimate of drug-likeness (QED) is 0.586. The highest BCUT2D eigenvalue weighted by Gasteiger charge is 2.22. The number of aliphatic hydroxyl groups excluding tert-OH is 1. The molecule has 0 saturated carbocycles. The molecule has 0 saturated heterocycles. The molecule has 1 unspecified atom stereocenters. The fourth-order valence-corrected chi connectivity index (χ4v) is 2.47. The smallest absolute Gasteiger partial charge is 0.324 e. The first-order chi connectivity index (χ1) is 8.44. The molecule has 1 heterocycles. The van der Waals surface area contributed by atoms with Gasteiger partial charge in [0.1, 0.15) is 6.04 Å². The number of carboxylic acids is 1. The van der Waals surface area contributed by atoms with E-state index < -0.39 is 28.6 Å².